The zero-order valence-corrected chi connectivity index (χ0v) is 18.9. The summed E-state index contributed by atoms with van der Waals surface area (Å²) < 4.78 is 56.2. The van der Waals surface area contributed by atoms with E-state index in [1.165, 1.54) is 7.11 Å². The number of carbonyl (C=O) groups excluding carboxylic acids is 2. The normalized spacial score (nSPS) is 22.7. The summed E-state index contributed by atoms with van der Waals surface area (Å²) in [6.45, 7) is 6.46. The Balaban J connectivity index is 2.10. The first kappa shape index (κ1) is 25.9. The molecule has 0 bridgehead atoms. The molecule has 1 aliphatic heterocycles. The summed E-state index contributed by atoms with van der Waals surface area (Å²) in [4.78, 5) is 25.0. The molecule has 1 saturated heterocycles. The molecule has 4 atom stereocenters. The first-order chi connectivity index (χ1) is 14.8. The number of nitrogens with one attached hydrogen (secondary N) is 1. The summed E-state index contributed by atoms with van der Waals surface area (Å²) in [7, 11) is 1.38. The van der Waals surface area contributed by atoms with Crippen molar-refractivity contribution in [3.05, 3.63) is 35.9 Å². The number of benzene rings is 1. The molecule has 1 fully saturated rings. The average Bonchev–Trinajstić information content (AvgIpc) is 2.70. The maximum absolute atomic E-state index is 13.3. The fourth-order valence-electron chi connectivity index (χ4n) is 3.52. The molecule has 0 aromatic heterocycles. The van der Waals surface area contributed by atoms with E-state index in [0.717, 1.165) is 4.90 Å². The van der Waals surface area contributed by atoms with Crippen LogP contribution in [0.2, 0.25) is 0 Å². The number of methoxy groups -OCH3 is 1. The number of carbonyl (C=O) groups is 2. The summed E-state index contributed by atoms with van der Waals surface area (Å²) in [6.07, 6.45) is -6.54. The number of halogens is 3. The Labute approximate surface area is 186 Å². The van der Waals surface area contributed by atoms with E-state index < -0.39 is 48.3 Å². The molecule has 1 heterocycles. The minimum atomic E-state index is -5.01. The van der Waals surface area contributed by atoms with Crippen molar-refractivity contribution in [2.75, 3.05) is 13.7 Å². The van der Waals surface area contributed by atoms with Crippen LogP contribution in [0, 0.1) is 0 Å². The number of rotatable bonds is 6. The lowest BCUT2D eigenvalue weighted by atomic mass is 10.0. The number of nitrogens with zero attached hydrogens (tertiary/aromatic N) is 1. The third kappa shape index (κ3) is 7.37. The molecule has 2 rings (SSSR count). The fraction of sp³-hybridized carbons (Fsp3) is 0.636. The number of amides is 2. The number of hydrogen-bond acceptors (Lipinski definition) is 5. The molecule has 0 unspecified atom stereocenters. The zero-order chi connectivity index (χ0) is 24.1. The molecular weight excluding hydrogens is 429 g/mol. The molecule has 180 valence electrons. The van der Waals surface area contributed by atoms with Crippen LogP contribution in [-0.2, 0) is 19.0 Å². The van der Waals surface area contributed by atoms with Crippen molar-refractivity contribution in [3.8, 4) is 0 Å². The first-order valence-corrected chi connectivity index (χ1v) is 10.4. The third-order valence-electron chi connectivity index (χ3n) is 5.04. The second-order valence-corrected chi connectivity index (χ2v) is 8.73. The van der Waals surface area contributed by atoms with Crippen LogP contribution in [0.5, 0.6) is 0 Å². The van der Waals surface area contributed by atoms with Gasteiger partial charge in [0, 0.05) is 13.7 Å². The van der Waals surface area contributed by atoms with Gasteiger partial charge >= 0.3 is 18.2 Å². The van der Waals surface area contributed by atoms with Crippen molar-refractivity contribution in [1.29, 1.82) is 0 Å². The Morgan fingerprint density at radius 1 is 1.19 bits per heavy atom. The van der Waals surface area contributed by atoms with Gasteiger partial charge in [0.2, 0.25) is 0 Å². The minimum absolute atomic E-state index is 0.270. The van der Waals surface area contributed by atoms with E-state index >= 15 is 0 Å². The Kier molecular flexibility index (Phi) is 8.53. The second-order valence-electron chi connectivity index (χ2n) is 8.73. The average molecular weight is 460 g/mol. The quantitative estimate of drug-likeness (QED) is 0.689. The van der Waals surface area contributed by atoms with Crippen LogP contribution in [0.1, 0.15) is 52.1 Å². The molecule has 0 aliphatic carbocycles. The van der Waals surface area contributed by atoms with Crippen molar-refractivity contribution >= 4 is 12.0 Å². The molecular formula is C22H31F3N2O5. The fourth-order valence-corrected chi connectivity index (χ4v) is 3.52. The van der Waals surface area contributed by atoms with Crippen molar-refractivity contribution in [1.82, 2.24) is 10.2 Å². The van der Waals surface area contributed by atoms with Gasteiger partial charge in [-0.25, -0.2) is 4.79 Å². The predicted molar refractivity (Wildman–Crippen MR) is 111 cm³/mol. The van der Waals surface area contributed by atoms with Crippen molar-refractivity contribution in [2.24, 2.45) is 0 Å². The lowest BCUT2D eigenvalue weighted by molar-refractivity contribution is -0.208. The lowest BCUT2D eigenvalue weighted by Crippen LogP contribution is -2.54. The maximum Gasteiger partial charge on any atom is 0.471 e. The van der Waals surface area contributed by atoms with Gasteiger partial charge in [-0.3, -0.25) is 4.79 Å². The highest BCUT2D eigenvalue weighted by Crippen LogP contribution is 2.30. The van der Waals surface area contributed by atoms with Gasteiger partial charge in [-0.05, 0) is 46.1 Å². The topological polar surface area (TPSA) is 77.1 Å². The third-order valence-corrected chi connectivity index (χ3v) is 5.04. The van der Waals surface area contributed by atoms with Crippen LogP contribution in [0.25, 0.3) is 0 Å². The van der Waals surface area contributed by atoms with Crippen LogP contribution in [0.4, 0.5) is 18.0 Å². The Morgan fingerprint density at radius 3 is 2.34 bits per heavy atom. The lowest BCUT2D eigenvalue weighted by Gasteiger charge is -2.39. The van der Waals surface area contributed by atoms with E-state index in [1.807, 2.05) is 0 Å². The molecule has 10 heteroatoms. The standard InChI is InChI=1S/C22H31F3N2O5/c1-14(15-9-7-6-8-10-15)27(19(28)22(23,24)25)13-16-11-12-17(18(30-5)31-16)26-20(29)32-21(2,3)4/h6-10,14,16-18H,11-13H2,1-5H3,(H,26,29)/t14-,16+,17-,18+/m0/s1. The van der Waals surface area contributed by atoms with Gasteiger partial charge in [0.25, 0.3) is 0 Å². The summed E-state index contributed by atoms with van der Waals surface area (Å²) in [5.74, 6) is -1.93. The van der Waals surface area contributed by atoms with Gasteiger partial charge in [-0.2, -0.15) is 13.2 Å². The molecule has 1 aliphatic rings. The van der Waals surface area contributed by atoms with E-state index in [4.69, 9.17) is 14.2 Å². The maximum atomic E-state index is 13.3. The molecule has 32 heavy (non-hydrogen) atoms. The zero-order valence-electron chi connectivity index (χ0n) is 18.9. The van der Waals surface area contributed by atoms with Crippen LogP contribution in [-0.4, -0.2) is 60.8 Å². The van der Waals surface area contributed by atoms with Crippen LogP contribution >= 0.6 is 0 Å². The SMILES string of the molecule is CO[C@@H]1O[C@@H](CN(C(=O)C(F)(F)F)[C@@H](C)c2ccccc2)CC[C@@H]1NC(=O)OC(C)(C)C. The Hall–Kier alpha value is -2.33. The number of hydrogen-bond donors (Lipinski definition) is 1. The smallest absolute Gasteiger partial charge is 0.444 e. The van der Waals surface area contributed by atoms with Crippen molar-refractivity contribution in [3.63, 3.8) is 0 Å². The van der Waals surface area contributed by atoms with E-state index in [2.05, 4.69) is 5.32 Å². The van der Waals surface area contributed by atoms with Crippen molar-refractivity contribution < 1.29 is 37.0 Å². The summed E-state index contributed by atoms with van der Waals surface area (Å²) in [5.41, 5.74) is -0.106. The highest BCUT2D eigenvalue weighted by atomic mass is 19.4. The van der Waals surface area contributed by atoms with Gasteiger partial charge in [0.1, 0.15) is 5.60 Å². The van der Waals surface area contributed by atoms with Gasteiger partial charge in [0.05, 0.1) is 18.2 Å². The van der Waals surface area contributed by atoms with Crippen LogP contribution < -0.4 is 5.32 Å². The van der Waals surface area contributed by atoms with E-state index in [9.17, 15) is 22.8 Å². The van der Waals surface area contributed by atoms with Gasteiger partial charge in [-0.1, -0.05) is 30.3 Å². The molecule has 1 N–H and O–H groups in total. The predicted octanol–water partition coefficient (Wildman–Crippen LogP) is 4.18. The molecule has 1 aromatic carbocycles. The van der Waals surface area contributed by atoms with E-state index in [0.29, 0.717) is 18.4 Å². The number of alkyl halides is 3. The Morgan fingerprint density at radius 2 is 1.81 bits per heavy atom. The van der Waals surface area contributed by atoms with Crippen LogP contribution in [0.15, 0.2) is 30.3 Å². The van der Waals surface area contributed by atoms with E-state index in [-0.39, 0.29) is 6.54 Å². The molecule has 0 spiro atoms. The van der Waals surface area contributed by atoms with Crippen LogP contribution in [0.3, 0.4) is 0 Å². The second kappa shape index (κ2) is 10.5. The largest absolute Gasteiger partial charge is 0.471 e. The molecule has 7 nitrogen and oxygen atoms in total. The number of ether oxygens (including phenoxy) is 3. The highest BCUT2D eigenvalue weighted by Gasteiger charge is 2.45. The molecule has 1 aromatic rings. The minimum Gasteiger partial charge on any atom is -0.444 e. The van der Waals surface area contributed by atoms with Gasteiger partial charge < -0.3 is 24.4 Å². The Bertz CT molecular complexity index is 767. The first-order valence-electron chi connectivity index (χ1n) is 10.4. The molecule has 0 saturated carbocycles. The molecule has 2 amide bonds. The summed E-state index contributed by atoms with van der Waals surface area (Å²) >= 11 is 0. The van der Waals surface area contributed by atoms with E-state index in [1.54, 1.807) is 58.0 Å². The van der Waals surface area contributed by atoms with Gasteiger partial charge in [0.15, 0.2) is 6.29 Å². The number of alkyl carbamates (subject to hydrolysis) is 1. The van der Waals surface area contributed by atoms with Gasteiger partial charge in [-0.15, -0.1) is 0 Å². The summed E-state index contributed by atoms with van der Waals surface area (Å²) in [5, 5.41) is 2.67. The van der Waals surface area contributed by atoms with Crippen molar-refractivity contribution in [2.45, 2.75) is 76.8 Å². The summed E-state index contributed by atoms with van der Waals surface area (Å²) in [6, 6.07) is 7.14. The highest BCUT2D eigenvalue weighted by molar-refractivity contribution is 5.82. The monoisotopic (exact) mass is 460 g/mol. The molecule has 0 radical (unpaired) electrons.